The minimum absolute atomic E-state index is 0.00868. The highest BCUT2D eigenvalue weighted by atomic mass is 16.3. The van der Waals surface area contributed by atoms with Gasteiger partial charge in [0, 0.05) is 70.2 Å². The van der Waals surface area contributed by atoms with E-state index in [1.165, 1.54) is 0 Å². The van der Waals surface area contributed by atoms with Crippen LogP contribution in [-0.2, 0) is 11.3 Å². The summed E-state index contributed by atoms with van der Waals surface area (Å²) in [6.45, 7) is 2.08. The largest absolute Gasteiger partial charge is 0.391 e. The van der Waals surface area contributed by atoms with Gasteiger partial charge >= 0.3 is 0 Å². The van der Waals surface area contributed by atoms with Gasteiger partial charge < -0.3 is 14.4 Å². The lowest BCUT2D eigenvalue weighted by atomic mass is 10.0. The van der Waals surface area contributed by atoms with Gasteiger partial charge in [-0.05, 0) is 6.07 Å². The first-order valence-electron chi connectivity index (χ1n) is 7.55. The van der Waals surface area contributed by atoms with Crippen molar-refractivity contribution in [1.82, 2.24) is 19.2 Å². The summed E-state index contributed by atoms with van der Waals surface area (Å²) in [6.07, 6.45) is 5.65. The zero-order valence-corrected chi connectivity index (χ0v) is 13.0. The molecule has 0 bridgehead atoms. The van der Waals surface area contributed by atoms with Crippen LogP contribution in [0, 0.1) is 5.92 Å². The van der Waals surface area contributed by atoms with E-state index in [9.17, 15) is 9.90 Å². The number of aliphatic hydroxyl groups is 1. The van der Waals surface area contributed by atoms with Gasteiger partial charge in [-0.15, -0.1) is 0 Å². The van der Waals surface area contributed by atoms with Gasteiger partial charge in [0.25, 0.3) is 0 Å². The first-order valence-corrected chi connectivity index (χ1v) is 7.55. The van der Waals surface area contributed by atoms with Crippen molar-refractivity contribution in [3.8, 4) is 0 Å². The minimum atomic E-state index is -0.441. The fourth-order valence-electron chi connectivity index (χ4n) is 3.05. The van der Waals surface area contributed by atoms with E-state index in [1.807, 2.05) is 22.9 Å². The lowest BCUT2D eigenvalue weighted by molar-refractivity contribution is -0.130. The van der Waals surface area contributed by atoms with Crippen LogP contribution in [0.2, 0.25) is 0 Å². The van der Waals surface area contributed by atoms with E-state index in [0.717, 1.165) is 24.3 Å². The third kappa shape index (κ3) is 2.98. The number of aromatic nitrogens is 2. The monoisotopic (exact) mass is 302 g/mol. The lowest BCUT2D eigenvalue weighted by Gasteiger charge is -2.17. The molecule has 1 N–H and O–H groups in total. The number of carbonyl (C=O) groups is 1. The average molecular weight is 302 g/mol. The molecule has 0 aromatic carbocycles. The predicted molar refractivity (Wildman–Crippen MR) is 83.3 cm³/mol. The maximum absolute atomic E-state index is 11.8. The summed E-state index contributed by atoms with van der Waals surface area (Å²) in [5.41, 5.74) is 2.09. The molecule has 6 heteroatoms. The number of rotatable bonds is 4. The number of nitrogens with zero attached hydrogens (tertiary/aromatic N) is 4. The van der Waals surface area contributed by atoms with Crippen LogP contribution in [0.4, 0.5) is 0 Å². The van der Waals surface area contributed by atoms with Gasteiger partial charge in [-0.2, -0.15) is 0 Å². The molecule has 22 heavy (non-hydrogen) atoms. The van der Waals surface area contributed by atoms with Gasteiger partial charge in [0.15, 0.2) is 0 Å². The van der Waals surface area contributed by atoms with E-state index in [1.54, 1.807) is 25.2 Å². The van der Waals surface area contributed by atoms with Crippen molar-refractivity contribution >= 4 is 11.6 Å². The average Bonchev–Trinajstić information content (AvgIpc) is 3.07. The number of fused-ring (bicyclic) bond motifs is 1. The van der Waals surface area contributed by atoms with Crippen LogP contribution >= 0.6 is 0 Å². The summed E-state index contributed by atoms with van der Waals surface area (Å²) in [5.74, 6) is 0.0793. The van der Waals surface area contributed by atoms with Crippen LogP contribution in [-0.4, -0.2) is 63.5 Å². The Labute approximate surface area is 130 Å². The highest BCUT2D eigenvalue weighted by molar-refractivity contribution is 5.75. The molecule has 0 saturated carbocycles. The molecule has 2 atom stereocenters. The smallest absolute Gasteiger partial charge is 0.222 e. The summed E-state index contributed by atoms with van der Waals surface area (Å²) in [4.78, 5) is 20.0. The Kier molecular flexibility index (Phi) is 4.13. The van der Waals surface area contributed by atoms with E-state index >= 15 is 0 Å². The molecule has 0 aliphatic carbocycles. The molecule has 3 rings (SSSR count). The number of pyridine rings is 1. The summed E-state index contributed by atoms with van der Waals surface area (Å²) in [6, 6.07) is 4.07. The normalized spacial score (nSPS) is 22.3. The Balaban J connectivity index is 1.67. The first-order chi connectivity index (χ1) is 10.5. The van der Waals surface area contributed by atoms with Gasteiger partial charge in [0.2, 0.25) is 5.91 Å². The number of amides is 1. The fraction of sp³-hybridized carbons (Fsp3) is 0.500. The van der Waals surface area contributed by atoms with E-state index in [0.29, 0.717) is 13.0 Å². The van der Waals surface area contributed by atoms with E-state index < -0.39 is 6.10 Å². The van der Waals surface area contributed by atoms with Crippen LogP contribution in [0.1, 0.15) is 12.0 Å². The lowest BCUT2D eigenvalue weighted by Crippen LogP contribution is -2.28. The number of likely N-dealkylation sites (tertiary alicyclic amines) is 1. The molecule has 1 fully saturated rings. The zero-order valence-electron chi connectivity index (χ0n) is 13.0. The van der Waals surface area contributed by atoms with Gasteiger partial charge in [0.05, 0.1) is 6.10 Å². The van der Waals surface area contributed by atoms with Crippen molar-refractivity contribution in [3.05, 3.63) is 36.3 Å². The third-order valence-electron chi connectivity index (χ3n) is 4.31. The quantitative estimate of drug-likeness (QED) is 0.899. The number of β-amino-alcohol motifs (C(OH)–C–C–N with tert-alkyl or cyclic N) is 1. The molecule has 0 unspecified atom stereocenters. The second-order valence-corrected chi connectivity index (χ2v) is 6.21. The third-order valence-corrected chi connectivity index (χ3v) is 4.31. The molecule has 6 nitrogen and oxygen atoms in total. The molecule has 0 radical (unpaired) electrons. The van der Waals surface area contributed by atoms with E-state index in [4.69, 9.17) is 0 Å². The number of imidazole rings is 1. The summed E-state index contributed by atoms with van der Waals surface area (Å²) < 4.78 is 1.99. The molecule has 1 aliphatic rings. The van der Waals surface area contributed by atoms with E-state index in [-0.39, 0.29) is 11.8 Å². The molecule has 1 saturated heterocycles. The number of hydrogen-bond donors (Lipinski definition) is 1. The van der Waals surface area contributed by atoms with Gasteiger partial charge in [-0.1, -0.05) is 6.07 Å². The molecule has 1 aliphatic heterocycles. The molecule has 1 amide bonds. The predicted octanol–water partition coefficient (Wildman–Crippen LogP) is 0.605. The van der Waals surface area contributed by atoms with Gasteiger partial charge in [-0.3, -0.25) is 9.69 Å². The van der Waals surface area contributed by atoms with Crippen molar-refractivity contribution in [1.29, 1.82) is 0 Å². The summed E-state index contributed by atoms with van der Waals surface area (Å²) >= 11 is 0. The topological polar surface area (TPSA) is 61.1 Å². The second kappa shape index (κ2) is 6.06. The van der Waals surface area contributed by atoms with Crippen molar-refractivity contribution < 1.29 is 9.90 Å². The van der Waals surface area contributed by atoms with E-state index in [2.05, 4.69) is 16.0 Å². The summed E-state index contributed by atoms with van der Waals surface area (Å²) in [5, 5.41) is 10.2. The van der Waals surface area contributed by atoms with Crippen LogP contribution < -0.4 is 0 Å². The van der Waals surface area contributed by atoms with Crippen LogP contribution in [0.3, 0.4) is 0 Å². The minimum Gasteiger partial charge on any atom is -0.391 e. The zero-order chi connectivity index (χ0) is 15.7. The van der Waals surface area contributed by atoms with Crippen molar-refractivity contribution in [3.63, 3.8) is 0 Å². The molecule has 3 heterocycles. The number of carbonyl (C=O) groups excluding carboxylic acids is 1. The fourth-order valence-corrected chi connectivity index (χ4v) is 3.05. The molecule has 2 aromatic heterocycles. The first kappa shape index (κ1) is 15.0. The number of hydrogen-bond acceptors (Lipinski definition) is 4. The van der Waals surface area contributed by atoms with Gasteiger partial charge in [-0.25, -0.2) is 4.98 Å². The highest BCUT2D eigenvalue weighted by Gasteiger charge is 2.33. The SMILES string of the molecule is CN(C)C(=O)C[C@@H]1CN(Cc2cccn3ccnc23)C[C@H]1O. The van der Waals surface area contributed by atoms with Crippen LogP contribution in [0.15, 0.2) is 30.7 Å². The molecule has 0 spiro atoms. The Morgan fingerprint density at radius 1 is 1.41 bits per heavy atom. The van der Waals surface area contributed by atoms with Crippen LogP contribution in [0.5, 0.6) is 0 Å². The number of aliphatic hydroxyl groups excluding tert-OH is 1. The molecule has 118 valence electrons. The Bertz CT molecular complexity index is 667. The standard InChI is InChI=1S/C16H22N4O2/c1-18(2)15(22)8-13-10-19(11-14(13)21)9-12-4-3-6-20-7-5-17-16(12)20/h3-7,13-14,21H,8-11H2,1-2H3/t13-,14-/m1/s1. The molecular weight excluding hydrogens is 280 g/mol. The Hall–Kier alpha value is -1.92. The van der Waals surface area contributed by atoms with Crippen molar-refractivity contribution in [2.45, 2.75) is 19.1 Å². The summed E-state index contributed by atoms with van der Waals surface area (Å²) in [7, 11) is 3.50. The van der Waals surface area contributed by atoms with Crippen molar-refractivity contribution in [2.75, 3.05) is 27.2 Å². The van der Waals surface area contributed by atoms with Crippen molar-refractivity contribution in [2.24, 2.45) is 5.92 Å². The Morgan fingerprint density at radius 3 is 3.00 bits per heavy atom. The van der Waals surface area contributed by atoms with Crippen LogP contribution in [0.25, 0.3) is 5.65 Å². The van der Waals surface area contributed by atoms with Gasteiger partial charge in [0.1, 0.15) is 5.65 Å². The second-order valence-electron chi connectivity index (χ2n) is 6.21. The maximum Gasteiger partial charge on any atom is 0.222 e. The Morgan fingerprint density at radius 2 is 2.23 bits per heavy atom. The highest BCUT2D eigenvalue weighted by Crippen LogP contribution is 2.23. The molecule has 2 aromatic rings. The molecular formula is C16H22N4O2. The maximum atomic E-state index is 11.8.